The largest absolute Gasteiger partial charge is 0.0836 e. The van der Waals surface area contributed by atoms with Gasteiger partial charge in [-0.3, -0.25) is 0 Å². The first-order valence-electron chi connectivity index (χ1n) is 5.84. The van der Waals surface area contributed by atoms with E-state index in [0.717, 1.165) is 5.92 Å². The summed E-state index contributed by atoms with van der Waals surface area (Å²) in [5.41, 5.74) is 1.40. The van der Waals surface area contributed by atoms with E-state index in [-0.39, 0.29) is 0 Å². The summed E-state index contributed by atoms with van der Waals surface area (Å²) in [6, 6.07) is 10.7. The standard InChI is InChI=1S/C14H21Br/c1-4-11(2)10-12(3)14(15)13-8-6-5-7-9-13/h5-9,11-12,14H,4,10H2,1-3H3. The van der Waals surface area contributed by atoms with Crippen molar-refractivity contribution in [3.8, 4) is 0 Å². The van der Waals surface area contributed by atoms with Crippen molar-refractivity contribution in [2.45, 2.75) is 38.4 Å². The molecule has 0 N–H and O–H groups in total. The van der Waals surface area contributed by atoms with Crippen molar-refractivity contribution in [3.63, 3.8) is 0 Å². The molecule has 0 amide bonds. The fraction of sp³-hybridized carbons (Fsp3) is 0.571. The van der Waals surface area contributed by atoms with Gasteiger partial charge in [-0.2, -0.15) is 0 Å². The fourth-order valence-corrected chi connectivity index (χ4v) is 2.41. The van der Waals surface area contributed by atoms with Crippen molar-refractivity contribution >= 4 is 15.9 Å². The summed E-state index contributed by atoms with van der Waals surface area (Å²) in [6.45, 7) is 6.93. The molecule has 0 fully saturated rings. The van der Waals surface area contributed by atoms with Gasteiger partial charge in [0, 0.05) is 4.83 Å². The van der Waals surface area contributed by atoms with Gasteiger partial charge in [0.1, 0.15) is 0 Å². The fourth-order valence-electron chi connectivity index (χ4n) is 1.89. The molecule has 0 spiro atoms. The van der Waals surface area contributed by atoms with Gasteiger partial charge >= 0.3 is 0 Å². The first kappa shape index (κ1) is 12.8. The minimum atomic E-state index is 0.493. The van der Waals surface area contributed by atoms with Gasteiger partial charge in [0.05, 0.1) is 0 Å². The van der Waals surface area contributed by atoms with Gasteiger partial charge in [0.15, 0.2) is 0 Å². The molecule has 15 heavy (non-hydrogen) atoms. The van der Waals surface area contributed by atoms with Crippen molar-refractivity contribution in [1.82, 2.24) is 0 Å². The van der Waals surface area contributed by atoms with E-state index in [9.17, 15) is 0 Å². The normalized spacial score (nSPS) is 17.1. The lowest BCUT2D eigenvalue weighted by molar-refractivity contribution is 0.402. The Morgan fingerprint density at radius 2 is 1.73 bits per heavy atom. The molecule has 3 unspecified atom stereocenters. The predicted octanol–water partition coefficient (Wildman–Crippen LogP) is 5.19. The Bertz CT molecular complexity index is 268. The lowest BCUT2D eigenvalue weighted by Crippen LogP contribution is -2.08. The van der Waals surface area contributed by atoms with Crippen LogP contribution in [-0.2, 0) is 0 Å². The Morgan fingerprint density at radius 1 is 1.13 bits per heavy atom. The van der Waals surface area contributed by atoms with Gasteiger partial charge in [0.25, 0.3) is 0 Å². The number of rotatable bonds is 5. The molecule has 0 heterocycles. The smallest absolute Gasteiger partial charge is 0.0420 e. The summed E-state index contributed by atoms with van der Waals surface area (Å²) >= 11 is 3.81. The van der Waals surface area contributed by atoms with Crippen molar-refractivity contribution in [3.05, 3.63) is 35.9 Å². The number of halogens is 1. The van der Waals surface area contributed by atoms with E-state index < -0.39 is 0 Å². The van der Waals surface area contributed by atoms with Crippen LogP contribution in [-0.4, -0.2) is 0 Å². The molecule has 3 atom stereocenters. The third kappa shape index (κ3) is 3.98. The Morgan fingerprint density at radius 3 is 2.27 bits per heavy atom. The van der Waals surface area contributed by atoms with Crippen LogP contribution in [0.3, 0.4) is 0 Å². The second kappa shape index (κ2) is 6.32. The van der Waals surface area contributed by atoms with Crippen molar-refractivity contribution in [2.75, 3.05) is 0 Å². The summed E-state index contributed by atoms with van der Waals surface area (Å²) in [5.74, 6) is 1.52. The Kier molecular flexibility index (Phi) is 5.38. The zero-order chi connectivity index (χ0) is 11.3. The summed E-state index contributed by atoms with van der Waals surface area (Å²) in [7, 11) is 0. The average molecular weight is 269 g/mol. The molecule has 0 bridgehead atoms. The molecule has 1 aromatic carbocycles. The molecule has 0 aliphatic heterocycles. The van der Waals surface area contributed by atoms with E-state index in [0.29, 0.717) is 10.7 Å². The van der Waals surface area contributed by atoms with Crippen LogP contribution >= 0.6 is 15.9 Å². The van der Waals surface area contributed by atoms with Crippen LogP contribution in [0.25, 0.3) is 0 Å². The lowest BCUT2D eigenvalue weighted by Gasteiger charge is -2.21. The molecule has 1 aromatic rings. The van der Waals surface area contributed by atoms with Gasteiger partial charge in [0.2, 0.25) is 0 Å². The zero-order valence-corrected chi connectivity index (χ0v) is 11.5. The summed E-state index contributed by atoms with van der Waals surface area (Å²) < 4.78 is 0. The van der Waals surface area contributed by atoms with Crippen LogP contribution in [0.4, 0.5) is 0 Å². The van der Waals surface area contributed by atoms with Crippen LogP contribution in [0.15, 0.2) is 30.3 Å². The van der Waals surface area contributed by atoms with Gasteiger partial charge in [-0.25, -0.2) is 0 Å². The highest BCUT2D eigenvalue weighted by Crippen LogP contribution is 2.34. The second-order valence-electron chi connectivity index (χ2n) is 4.54. The molecular weight excluding hydrogens is 248 g/mol. The van der Waals surface area contributed by atoms with E-state index in [2.05, 4.69) is 67.0 Å². The van der Waals surface area contributed by atoms with E-state index in [4.69, 9.17) is 0 Å². The monoisotopic (exact) mass is 268 g/mol. The maximum Gasteiger partial charge on any atom is 0.0420 e. The molecule has 0 saturated heterocycles. The van der Waals surface area contributed by atoms with Crippen molar-refractivity contribution < 1.29 is 0 Å². The Labute approximate surface area is 102 Å². The highest BCUT2D eigenvalue weighted by molar-refractivity contribution is 9.09. The zero-order valence-electron chi connectivity index (χ0n) is 9.91. The maximum atomic E-state index is 3.81. The van der Waals surface area contributed by atoms with Gasteiger partial charge < -0.3 is 0 Å². The van der Waals surface area contributed by atoms with Gasteiger partial charge in [-0.15, -0.1) is 0 Å². The van der Waals surface area contributed by atoms with Gasteiger partial charge in [-0.05, 0) is 23.8 Å². The second-order valence-corrected chi connectivity index (χ2v) is 5.53. The van der Waals surface area contributed by atoms with Crippen molar-refractivity contribution in [1.29, 1.82) is 0 Å². The molecule has 84 valence electrons. The van der Waals surface area contributed by atoms with Gasteiger partial charge in [-0.1, -0.05) is 73.5 Å². The molecule has 0 aromatic heterocycles. The maximum absolute atomic E-state index is 3.81. The summed E-state index contributed by atoms with van der Waals surface area (Å²) in [5, 5.41) is 0. The van der Waals surface area contributed by atoms with Crippen LogP contribution in [0, 0.1) is 11.8 Å². The first-order chi connectivity index (χ1) is 7.15. The molecule has 0 aliphatic carbocycles. The number of alkyl halides is 1. The van der Waals surface area contributed by atoms with Crippen molar-refractivity contribution in [2.24, 2.45) is 11.8 Å². The SMILES string of the molecule is CCC(C)CC(C)C(Br)c1ccccc1. The molecule has 0 saturated carbocycles. The number of benzene rings is 1. The Balaban J connectivity index is 2.57. The minimum absolute atomic E-state index is 0.493. The topological polar surface area (TPSA) is 0 Å². The molecule has 0 radical (unpaired) electrons. The molecular formula is C14H21Br. The van der Waals surface area contributed by atoms with Crippen LogP contribution in [0.5, 0.6) is 0 Å². The first-order valence-corrected chi connectivity index (χ1v) is 6.75. The van der Waals surface area contributed by atoms with Crippen LogP contribution in [0.1, 0.15) is 44.0 Å². The minimum Gasteiger partial charge on any atom is -0.0836 e. The number of hydrogen-bond donors (Lipinski definition) is 0. The van der Waals surface area contributed by atoms with Crippen LogP contribution in [0.2, 0.25) is 0 Å². The highest BCUT2D eigenvalue weighted by Gasteiger charge is 2.17. The summed E-state index contributed by atoms with van der Waals surface area (Å²) in [4.78, 5) is 0.493. The predicted molar refractivity (Wildman–Crippen MR) is 71.3 cm³/mol. The third-order valence-electron chi connectivity index (χ3n) is 3.09. The molecule has 0 nitrogen and oxygen atoms in total. The highest BCUT2D eigenvalue weighted by atomic mass is 79.9. The molecule has 1 heteroatoms. The quantitative estimate of drug-likeness (QED) is 0.645. The Hall–Kier alpha value is -0.300. The number of hydrogen-bond acceptors (Lipinski definition) is 0. The van der Waals surface area contributed by atoms with E-state index in [1.165, 1.54) is 18.4 Å². The average Bonchev–Trinajstić information content (AvgIpc) is 2.29. The molecule has 0 aliphatic rings. The van der Waals surface area contributed by atoms with E-state index in [1.807, 2.05) is 0 Å². The third-order valence-corrected chi connectivity index (χ3v) is 4.52. The molecule has 1 rings (SSSR count). The lowest BCUT2D eigenvalue weighted by atomic mass is 9.90. The van der Waals surface area contributed by atoms with E-state index >= 15 is 0 Å². The summed E-state index contributed by atoms with van der Waals surface area (Å²) in [6.07, 6.45) is 2.57. The van der Waals surface area contributed by atoms with E-state index in [1.54, 1.807) is 0 Å². The van der Waals surface area contributed by atoms with Crippen LogP contribution < -0.4 is 0 Å².